The van der Waals surface area contributed by atoms with Crippen LogP contribution in [0, 0.1) is 12.8 Å². The molecule has 0 saturated carbocycles. The van der Waals surface area contributed by atoms with Crippen LogP contribution in [0.5, 0.6) is 0 Å². The molecule has 1 atom stereocenters. The Bertz CT molecular complexity index is 1160. The number of amides is 1. The molecule has 2 aliphatic rings. The van der Waals surface area contributed by atoms with E-state index >= 15 is 0 Å². The summed E-state index contributed by atoms with van der Waals surface area (Å²) in [6.07, 6.45) is -0.0891. The van der Waals surface area contributed by atoms with Crippen molar-refractivity contribution in [3.8, 4) is 0 Å². The number of amidine groups is 1. The van der Waals surface area contributed by atoms with Crippen LogP contribution in [0.2, 0.25) is 0 Å². The van der Waals surface area contributed by atoms with Gasteiger partial charge >= 0.3 is 12.1 Å². The van der Waals surface area contributed by atoms with E-state index in [0.717, 1.165) is 54.0 Å². The van der Waals surface area contributed by atoms with E-state index in [1.54, 1.807) is 18.3 Å². The Balaban J connectivity index is 0.00000400. The lowest BCUT2D eigenvalue weighted by Crippen LogP contribution is -3.00. The lowest BCUT2D eigenvalue weighted by molar-refractivity contribution is -0.928. The van der Waals surface area contributed by atoms with E-state index < -0.39 is 18.1 Å². The maximum atomic E-state index is 12.5. The molecule has 2 aliphatic heterocycles. The molecule has 0 unspecified atom stereocenters. The summed E-state index contributed by atoms with van der Waals surface area (Å²) in [6, 6.07) is 9.61. The Hall–Kier alpha value is -2.38. The molecule has 9 nitrogen and oxygen atoms in total. The number of nitrogens with zero attached hydrogens (tertiary/aromatic N) is 3. The average molecular weight is 656 g/mol. The Morgan fingerprint density at radius 2 is 1.92 bits per heavy atom. The Morgan fingerprint density at radius 1 is 1.21 bits per heavy atom. The monoisotopic (exact) mass is 655 g/mol. The summed E-state index contributed by atoms with van der Waals surface area (Å²) >= 11 is 1.74. The molecule has 1 saturated heterocycles. The van der Waals surface area contributed by atoms with Gasteiger partial charge in [0.2, 0.25) is 6.73 Å². The van der Waals surface area contributed by atoms with Crippen molar-refractivity contribution in [2.75, 3.05) is 51.9 Å². The first-order valence-electron chi connectivity index (χ1n) is 12.9. The van der Waals surface area contributed by atoms with Crippen LogP contribution < -0.4 is 34.6 Å². The van der Waals surface area contributed by atoms with E-state index in [9.17, 15) is 9.59 Å². The number of likely N-dealkylation sites (N-methyl/N-ethyl adjacent to an activating group) is 1. The van der Waals surface area contributed by atoms with Crippen molar-refractivity contribution in [2.24, 2.45) is 10.9 Å². The Labute approximate surface area is 246 Å². The largest absolute Gasteiger partial charge is 1.00 e. The van der Waals surface area contributed by atoms with Crippen molar-refractivity contribution in [1.29, 1.82) is 0 Å². The highest BCUT2D eigenvalue weighted by molar-refractivity contribution is 7.16. The van der Waals surface area contributed by atoms with E-state index in [1.165, 1.54) is 4.88 Å². The number of rotatable bonds is 7. The van der Waals surface area contributed by atoms with Crippen molar-refractivity contribution < 1.29 is 47.5 Å². The van der Waals surface area contributed by atoms with E-state index in [4.69, 9.17) is 14.5 Å². The molecule has 1 aromatic heterocycles. The van der Waals surface area contributed by atoms with Gasteiger partial charge in [0.05, 0.1) is 56.8 Å². The second-order valence-electron chi connectivity index (χ2n) is 10.4. The van der Waals surface area contributed by atoms with Gasteiger partial charge in [-0.15, -0.1) is 11.3 Å². The predicted octanol–water partition coefficient (Wildman–Crippen LogP) is 1.62. The number of thiophene rings is 1. The van der Waals surface area contributed by atoms with Crippen LogP contribution in [0.3, 0.4) is 0 Å². The number of carbonyl (C=O) groups is 2. The second-order valence-corrected chi connectivity index (χ2v) is 11.6. The fourth-order valence-corrected chi connectivity index (χ4v) is 5.52. The van der Waals surface area contributed by atoms with Crippen LogP contribution in [-0.2, 0) is 14.3 Å². The first kappa shape index (κ1) is 30.2. The van der Waals surface area contributed by atoms with Crippen LogP contribution in [0.4, 0.5) is 21.2 Å². The summed E-state index contributed by atoms with van der Waals surface area (Å²) < 4.78 is 11.3. The number of aryl methyl sites for hydroxylation is 1. The summed E-state index contributed by atoms with van der Waals surface area (Å²) in [5, 5.41) is 7.37. The predicted molar refractivity (Wildman–Crippen MR) is 147 cm³/mol. The summed E-state index contributed by atoms with van der Waals surface area (Å²) in [7, 11) is 2.09. The number of esters is 1. The van der Waals surface area contributed by atoms with Gasteiger partial charge in [-0.1, -0.05) is 26.0 Å². The molecule has 11 heteroatoms. The summed E-state index contributed by atoms with van der Waals surface area (Å²) in [4.78, 5) is 33.4. The number of nitrogens with one attached hydrogen (secondary N) is 2. The first-order chi connectivity index (χ1) is 17.7. The zero-order valence-electron chi connectivity index (χ0n) is 22.8. The Kier molecular flexibility index (Phi) is 10.4. The van der Waals surface area contributed by atoms with Crippen LogP contribution in [0.25, 0.3) is 0 Å². The highest BCUT2D eigenvalue weighted by Crippen LogP contribution is 2.39. The summed E-state index contributed by atoms with van der Waals surface area (Å²) in [5.74, 6) is 0.784. The molecule has 0 bridgehead atoms. The smallest absolute Gasteiger partial charge is 0.412 e. The van der Waals surface area contributed by atoms with E-state index in [1.807, 2.05) is 32.0 Å². The molecule has 1 fully saturated rings. The number of anilines is 2. The normalized spacial score (nSPS) is 16.6. The maximum Gasteiger partial charge on any atom is 0.412 e. The number of halogens is 1. The van der Waals surface area contributed by atoms with Gasteiger partial charge in [0.15, 0.2) is 0 Å². The van der Waals surface area contributed by atoms with Crippen LogP contribution in [0.15, 0.2) is 35.3 Å². The first-order valence-corrected chi connectivity index (χ1v) is 13.7. The summed E-state index contributed by atoms with van der Waals surface area (Å²) in [5.41, 5.74) is 3.07. The third kappa shape index (κ3) is 7.38. The molecule has 4 rings (SSSR count). The lowest BCUT2D eigenvalue weighted by atomic mass is 10.0. The molecule has 208 valence electrons. The van der Waals surface area contributed by atoms with Crippen molar-refractivity contribution in [2.45, 2.75) is 40.2 Å². The number of quaternary nitrogens is 1. The van der Waals surface area contributed by atoms with Crippen molar-refractivity contribution in [3.63, 3.8) is 0 Å². The standard InChI is InChI=1S/C27H37N5O4S.HI/c1-6-35-26(33)23(15-18(2)3)30-27(34)36-17-32(5)13-11-31(12-14-32)24-20-16-19(4)37-25(20)29-22-10-8-7-9-21(22)28-24;/h7-10,16,18,23H,6,11-15,17H2,1-5H3,(H-,28,29,30,34);1H/t23-;/m0./s1. The molecule has 2 N–H and O–H groups in total. The number of ether oxygens (including phenoxy) is 2. The second kappa shape index (κ2) is 13.1. The minimum Gasteiger partial charge on any atom is -1.00 e. The fraction of sp³-hybridized carbons (Fsp3) is 0.519. The van der Waals surface area contributed by atoms with Crippen LogP contribution in [-0.4, -0.2) is 79.9 Å². The average Bonchev–Trinajstić information content (AvgIpc) is 3.14. The number of benzene rings is 1. The van der Waals surface area contributed by atoms with Gasteiger partial charge in [-0.2, -0.15) is 0 Å². The van der Waals surface area contributed by atoms with Crippen molar-refractivity contribution >= 4 is 45.6 Å². The maximum absolute atomic E-state index is 12.5. The number of piperazine rings is 1. The van der Waals surface area contributed by atoms with Gasteiger partial charge in [0, 0.05) is 4.88 Å². The van der Waals surface area contributed by atoms with Crippen LogP contribution in [0.1, 0.15) is 37.6 Å². The zero-order chi connectivity index (χ0) is 26.6. The molecule has 2 aromatic rings. The van der Waals surface area contributed by atoms with Crippen molar-refractivity contribution in [3.05, 3.63) is 40.8 Å². The third-order valence-corrected chi connectivity index (χ3v) is 7.64. The number of hydrogen-bond donors (Lipinski definition) is 2. The van der Waals surface area contributed by atoms with Crippen LogP contribution >= 0.6 is 11.3 Å². The number of carbonyl (C=O) groups excluding carboxylic acids is 2. The van der Waals surface area contributed by atoms with E-state index in [-0.39, 0.29) is 43.2 Å². The molecular formula is C27H38IN5O4S. The minimum atomic E-state index is -0.706. The zero-order valence-corrected chi connectivity index (χ0v) is 25.7. The molecule has 38 heavy (non-hydrogen) atoms. The summed E-state index contributed by atoms with van der Waals surface area (Å²) in [6.45, 7) is 11.5. The minimum absolute atomic E-state index is 0. The highest BCUT2D eigenvalue weighted by atomic mass is 127. The molecule has 0 aliphatic carbocycles. The highest BCUT2D eigenvalue weighted by Gasteiger charge is 2.34. The molecule has 1 amide bonds. The topological polar surface area (TPSA) is 92.3 Å². The lowest BCUT2D eigenvalue weighted by Gasteiger charge is -2.42. The van der Waals surface area contributed by atoms with Gasteiger partial charge < -0.3 is 49.0 Å². The van der Waals surface area contributed by atoms with Gasteiger partial charge in [0.25, 0.3) is 0 Å². The molecule has 0 spiro atoms. The van der Waals surface area contributed by atoms with Gasteiger partial charge in [0.1, 0.15) is 16.9 Å². The van der Waals surface area contributed by atoms with E-state index in [2.05, 4.69) is 41.6 Å². The van der Waals surface area contributed by atoms with Gasteiger partial charge in [-0.05, 0) is 44.4 Å². The van der Waals surface area contributed by atoms with Crippen molar-refractivity contribution in [1.82, 2.24) is 10.2 Å². The van der Waals surface area contributed by atoms with E-state index in [0.29, 0.717) is 10.9 Å². The number of alkyl carbamates (subject to hydrolysis) is 1. The Morgan fingerprint density at radius 3 is 2.61 bits per heavy atom. The van der Waals surface area contributed by atoms with Gasteiger partial charge in [-0.3, -0.25) is 4.48 Å². The molecular weight excluding hydrogens is 617 g/mol. The van der Waals surface area contributed by atoms with Gasteiger partial charge in [-0.25, -0.2) is 14.6 Å². The number of fused-ring (bicyclic) bond motifs is 2. The fourth-order valence-electron chi connectivity index (χ4n) is 4.60. The number of para-hydroxylation sites is 2. The molecule has 3 heterocycles. The number of aliphatic imine (C=N–C) groups is 1. The molecule has 1 aromatic carbocycles. The number of hydrogen-bond acceptors (Lipinski definition) is 8. The SMILES string of the molecule is CCOC(=O)[C@H](CC(C)C)NC(=O)OC[N+]1(C)CCN(C2=Nc3ccccc3Nc3sc(C)cc32)CC1.[I-]. The quantitative estimate of drug-likeness (QED) is 0.268. The molecule has 0 radical (unpaired) electrons. The third-order valence-electron chi connectivity index (χ3n) is 6.67.